The maximum Gasteiger partial charge on any atom is 0.266 e. The van der Waals surface area contributed by atoms with Crippen LogP contribution in [0.25, 0.3) is 16.6 Å². The third-order valence-electron chi connectivity index (χ3n) is 6.93. The molecule has 1 heterocycles. The van der Waals surface area contributed by atoms with Gasteiger partial charge in [0, 0.05) is 6.54 Å². The number of benzene rings is 4. The number of para-hydroxylation sites is 2. The summed E-state index contributed by atoms with van der Waals surface area (Å²) in [5, 5.41) is 0.288. The van der Waals surface area contributed by atoms with Crippen LogP contribution in [0.15, 0.2) is 108 Å². The molecule has 0 spiro atoms. The van der Waals surface area contributed by atoms with E-state index < -0.39 is 11.9 Å². The third-order valence-corrected chi connectivity index (χ3v) is 7.22. The van der Waals surface area contributed by atoms with Gasteiger partial charge in [-0.3, -0.25) is 14.2 Å². The van der Waals surface area contributed by atoms with Crippen LogP contribution < -0.4 is 10.3 Å². The van der Waals surface area contributed by atoms with Gasteiger partial charge in [-0.1, -0.05) is 79.2 Å². The van der Waals surface area contributed by atoms with Crippen LogP contribution in [0.1, 0.15) is 30.8 Å². The van der Waals surface area contributed by atoms with Crippen molar-refractivity contribution in [3.05, 3.63) is 136 Å². The summed E-state index contributed by atoms with van der Waals surface area (Å²) >= 11 is 6.14. The van der Waals surface area contributed by atoms with Gasteiger partial charge < -0.3 is 9.64 Å². The van der Waals surface area contributed by atoms with Crippen LogP contribution in [0, 0.1) is 5.82 Å². The van der Waals surface area contributed by atoms with Gasteiger partial charge in [0.05, 0.1) is 27.7 Å². The number of nitrogens with zero attached hydrogens (tertiary/aromatic N) is 3. The van der Waals surface area contributed by atoms with E-state index in [0.29, 0.717) is 47.6 Å². The molecule has 5 aromatic rings. The van der Waals surface area contributed by atoms with Crippen molar-refractivity contribution in [3.8, 4) is 11.4 Å². The van der Waals surface area contributed by atoms with Crippen LogP contribution in [0.5, 0.6) is 5.75 Å². The predicted octanol–water partition coefficient (Wildman–Crippen LogP) is 6.78. The lowest BCUT2D eigenvalue weighted by Crippen LogP contribution is -2.42. The lowest BCUT2D eigenvalue weighted by molar-refractivity contribution is -0.136. The Morgan fingerprint density at radius 3 is 2.37 bits per heavy atom. The van der Waals surface area contributed by atoms with Crippen LogP contribution in [0.2, 0.25) is 5.02 Å². The van der Waals surface area contributed by atoms with Gasteiger partial charge in [-0.05, 0) is 60.9 Å². The molecule has 1 aromatic heterocycles. The Morgan fingerprint density at radius 1 is 0.976 bits per heavy atom. The molecule has 0 saturated carbocycles. The van der Waals surface area contributed by atoms with Gasteiger partial charge in [-0.2, -0.15) is 0 Å². The summed E-state index contributed by atoms with van der Waals surface area (Å²) in [5.74, 6) is 0.102. The van der Waals surface area contributed by atoms with Crippen molar-refractivity contribution >= 4 is 28.4 Å². The van der Waals surface area contributed by atoms with Crippen molar-refractivity contribution in [2.24, 2.45) is 0 Å². The minimum Gasteiger partial charge on any atom is -0.484 e. The zero-order chi connectivity index (χ0) is 28.8. The molecule has 6 nitrogen and oxygen atoms in total. The van der Waals surface area contributed by atoms with E-state index in [0.717, 1.165) is 5.56 Å². The van der Waals surface area contributed by atoms with Crippen LogP contribution in [0.3, 0.4) is 0 Å². The molecule has 8 heteroatoms. The predicted molar refractivity (Wildman–Crippen MR) is 159 cm³/mol. The van der Waals surface area contributed by atoms with E-state index in [1.165, 1.54) is 22.8 Å². The van der Waals surface area contributed by atoms with E-state index in [4.69, 9.17) is 21.3 Å². The van der Waals surface area contributed by atoms with Crippen LogP contribution in [-0.4, -0.2) is 33.5 Å². The van der Waals surface area contributed by atoms with E-state index >= 15 is 0 Å². The van der Waals surface area contributed by atoms with E-state index in [1.807, 2.05) is 61.5 Å². The molecule has 0 N–H and O–H groups in total. The molecule has 4 aromatic carbocycles. The number of rotatable bonds is 10. The molecule has 1 atom stereocenters. The maximum absolute atomic E-state index is 14.1. The van der Waals surface area contributed by atoms with E-state index in [1.54, 1.807) is 35.2 Å². The lowest BCUT2D eigenvalue weighted by atomic mass is 10.1. The van der Waals surface area contributed by atoms with Gasteiger partial charge in [-0.25, -0.2) is 9.37 Å². The standard InChI is InChI=1S/C33H29ClFN3O3/c1-2-30(37(20-19-23-11-5-3-6-12-23)31(39)22-41-25-13-7-4-8-14-25)32-36-29-16-10-9-15-26(29)33(40)38(32)24-17-18-28(35)27(34)21-24/h3-18,21,30H,2,19-20,22H2,1H3. The van der Waals surface area contributed by atoms with Gasteiger partial charge in [-0.15, -0.1) is 0 Å². The smallest absolute Gasteiger partial charge is 0.266 e. The Hall–Kier alpha value is -4.49. The maximum atomic E-state index is 14.1. The number of hydrogen-bond donors (Lipinski definition) is 0. The molecule has 1 unspecified atom stereocenters. The molecule has 0 aliphatic heterocycles. The largest absolute Gasteiger partial charge is 0.484 e. The second-order valence-electron chi connectivity index (χ2n) is 9.57. The first-order valence-electron chi connectivity index (χ1n) is 13.4. The fourth-order valence-corrected chi connectivity index (χ4v) is 5.06. The molecular formula is C33H29ClFN3O3. The molecule has 0 radical (unpaired) electrons. The molecule has 0 saturated heterocycles. The number of amides is 1. The zero-order valence-corrected chi connectivity index (χ0v) is 23.3. The number of fused-ring (bicyclic) bond motifs is 1. The summed E-state index contributed by atoms with van der Waals surface area (Å²) in [6.45, 7) is 2.12. The Kier molecular flexibility index (Phi) is 8.75. The minimum absolute atomic E-state index is 0.116. The van der Waals surface area contributed by atoms with E-state index in [9.17, 15) is 14.0 Å². The molecule has 41 heavy (non-hydrogen) atoms. The molecule has 0 fully saturated rings. The molecule has 0 aliphatic carbocycles. The van der Waals surface area contributed by atoms with Crippen molar-refractivity contribution in [2.45, 2.75) is 25.8 Å². The quantitative estimate of drug-likeness (QED) is 0.186. The second kappa shape index (κ2) is 12.8. The number of hydrogen-bond acceptors (Lipinski definition) is 4. The van der Waals surface area contributed by atoms with Gasteiger partial charge in [0.15, 0.2) is 6.61 Å². The summed E-state index contributed by atoms with van der Waals surface area (Å²) in [5.41, 5.74) is 1.61. The summed E-state index contributed by atoms with van der Waals surface area (Å²) < 4.78 is 21.4. The third kappa shape index (κ3) is 6.31. The second-order valence-corrected chi connectivity index (χ2v) is 9.98. The first-order valence-corrected chi connectivity index (χ1v) is 13.8. The summed E-state index contributed by atoms with van der Waals surface area (Å²) in [6, 6.07) is 29.6. The molecule has 1 amide bonds. The van der Waals surface area contributed by atoms with Gasteiger partial charge in [0.1, 0.15) is 17.4 Å². The van der Waals surface area contributed by atoms with Crippen molar-refractivity contribution in [1.82, 2.24) is 14.5 Å². The number of aromatic nitrogens is 2. The van der Waals surface area contributed by atoms with Crippen molar-refractivity contribution in [1.29, 1.82) is 0 Å². The molecule has 5 rings (SSSR count). The fraction of sp³-hybridized carbons (Fsp3) is 0.182. The SMILES string of the molecule is CCC(c1nc2ccccc2c(=O)n1-c1ccc(F)c(Cl)c1)N(CCc1ccccc1)C(=O)COc1ccccc1. The highest BCUT2D eigenvalue weighted by Crippen LogP contribution is 2.28. The average Bonchev–Trinajstić information content (AvgIpc) is 3.00. The number of halogens is 2. The number of carbonyl (C=O) groups is 1. The topological polar surface area (TPSA) is 64.4 Å². The lowest BCUT2D eigenvalue weighted by Gasteiger charge is -2.32. The van der Waals surface area contributed by atoms with Crippen LogP contribution in [-0.2, 0) is 11.2 Å². The Bertz CT molecular complexity index is 1710. The Morgan fingerprint density at radius 2 is 1.66 bits per heavy atom. The first-order chi connectivity index (χ1) is 20.0. The minimum atomic E-state index is -0.594. The van der Waals surface area contributed by atoms with Crippen molar-refractivity contribution in [2.75, 3.05) is 13.2 Å². The summed E-state index contributed by atoms with van der Waals surface area (Å²) in [4.78, 5) is 34.3. The number of ether oxygens (including phenoxy) is 1. The normalized spacial score (nSPS) is 11.8. The fourth-order valence-electron chi connectivity index (χ4n) is 4.88. The van der Waals surface area contributed by atoms with E-state index in [-0.39, 0.29) is 23.1 Å². The van der Waals surface area contributed by atoms with Gasteiger partial charge in [0.25, 0.3) is 11.5 Å². The highest BCUT2D eigenvalue weighted by atomic mass is 35.5. The molecule has 0 bridgehead atoms. The monoisotopic (exact) mass is 569 g/mol. The average molecular weight is 570 g/mol. The summed E-state index contributed by atoms with van der Waals surface area (Å²) in [6.07, 6.45) is 1.06. The van der Waals surface area contributed by atoms with Crippen LogP contribution >= 0.6 is 11.6 Å². The highest BCUT2D eigenvalue weighted by molar-refractivity contribution is 6.30. The summed E-state index contributed by atoms with van der Waals surface area (Å²) in [7, 11) is 0. The first kappa shape index (κ1) is 28.1. The highest BCUT2D eigenvalue weighted by Gasteiger charge is 2.29. The zero-order valence-electron chi connectivity index (χ0n) is 22.5. The van der Waals surface area contributed by atoms with Gasteiger partial charge in [0.2, 0.25) is 0 Å². The van der Waals surface area contributed by atoms with Crippen molar-refractivity contribution < 1.29 is 13.9 Å². The number of carbonyl (C=O) groups excluding carboxylic acids is 1. The van der Waals surface area contributed by atoms with Crippen molar-refractivity contribution in [3.63, 3.8) is 0 Å². The molecule has 208 valence electrons. The molecular weight excluding hydrogens is 541 g/mol. The van der Waals surface area contributed by atoms with E-state index in [2.05, 4.69) is 0 Å². The van der Waals surface area contributed by atoms with Crippen LogP contribution in [0.4, 0.5) is 4.39 Å². The Labute approximate surface area is 242 Å². The Balaban J connectivity index is 1.61. The molecule has 0 aliphatic rings. The van der Waals surface area contributed by atoms with Gasteiger partial charge >= 0.3 is 0 Å².